The molecule has 0 radical (unpaired) electrons. The molecule has 8 nitrogen and oxygen atoms in total. The highest BCUT2D eigenvalue weighted by atomic mass is 79.9. The number of nitrogens with zero attached hydrogens (tertiary/aromatic N) is 3. The Bertz CT molecular complexity index is 2060. The van der Waals surface area contributed by atoms with E-state index in [1.54, 1.807) is 0 Å². The van der Waals surface area contributed by atoms with E-state index < -0.39 is 48.4 Å². The van der Waals surface area contributed by atoms with Crippen molar-refractivity contribution in [3.8, 4) is 0 Å². The van der Waals surface area contributed by atoms with Crippen molar-refractivity contribution in [1.29, 1.82) is 0 Å². The first-order valence-corrected chi connectivity index (χ1v) is 23.0. The summed E-state index contributed by atoms with van der Waals surface area (Å²) in [6, 6.07) is 32.7. The molecule has 0 aliphatic carbocycles. The van der Waals surface area contributed by atoms with Crippen LogP contribution in [0.5, 0.6) is 0 Å². The van der Waals surface area contributed by atoms with Crippen LogP contribution in [0.4, 0.5) is 62.3 Å². The van der Waals surface area contributed by atoms with E-state index in [0.717, 1.165) is 60.1 Å². The second kappa shape index (κ2) is 24.6. The summed E-state index contributed by atoms with van der Waals surface area (Å²) in [7, 11) is 0. The van der Waals surface area contributed by atoms with Crippen molar-refractivity contribution in [2.24, 2.45) is 0 Å². The van der Waals surface area contributed by atoms with Crippen molar-refractivity contribution >= 4 is 86.8 Å². The van der Waals surface area contributed by atoms with Gasteiger partial charge in [-0.2, -0.15) is 52.7 Å². The maximum absolute atomic E-state index is 12.7. The van der Waals surface area contributed by atoms with Crippen LogP contribution in [0, 0.1) is 0 Å². The number of halogens is 17. The van der Waals surface area contributed by atoms with Crippen LogP contribution in [-0.2, 0) is 9.47 Å². The molecule has 2 aliphatic heterocycles. The fraction of sp³-hybridized carbons (Fsp3) is 0.381. The summed E-state index contributed by atoms with van der Waals surface area (Å²) in [5.74, 6) is 0. The van der Waals surface area contributed by atoms with Gasteiger partial charge >= 0.3 is 36.2 Å². The Labute approximate surface area is 414 Å². The average molecular weight is 1240 g/mol. The Hall–Kier alpha value is -3.13. The maximum atomic E-state index is 12.7. The van der Waals surface area contributed by atoms with Crippen molar-refractivity contribution in [3.63, 3.8) is 0 Å². The van der Waals surface area contributed by atoms with E-state index in [-0.39, 0.29) is 32.2 Å². The van der Waals surface area contributed by atoms with Crippen molar-refractivity contribution in [2.45, 2.75) is 49.0 Å². The lowest BCUT2D eigenvalue weighted by Crippen LogP contribution is -2.53. The Morgan fingerprint density at radius 2 is 0.731 bits per heavy atom. The van der Waals surface area contributed by atoms with Crippen LogP contribution >= 0.6 is 75.3 Å². The molecule has 0 spiro atoms. The van der Waals surface area contributed by atoms with Gasteiger partial charge < -0.3 is 19.7 Å². The number of benzene rings is 4. The minimum atomic E-state index is -5.75. The van der Waals surface area contributed by atoms with Gasteiger partial charge in [0.15, 0.2) is 0 Å². The van der Waals surface area contributed by atoms with Gasteiger partial charge in [-0.25, -0.2) is 9.59 Å². The lowest BCUT2D eigenvalue weighted by molar-refractivity contribution is -0.308. The smallest absolute Gasteiger partial charge is 0.431 e. The SMILES string of the molecule is Brc1ccc(C(c2ccc(Br)cc2)N2CCNCC2)cc1.O=C(Cl)OC(C(F)(F)F)C(F)(F)F.O=C(OC(C(F)(F)F)C(F)(F)F)N1CCN(C(c2ccc(Br)cc2)c2ccc(Br)cc2)CC1. The van der Waals surface area contributed by atoms with Gasteiger partial charge in [0.05, 0.1) is 12.1 Å². The molecule has 0 aromatic heterocycles. The fourth-order valence-electron chi connectivity index (χ4n) is 6.82. The molecule has 4 aromatic carbocycles. The number of ether oxygens (including phenoxy) is 2. The van der Waals surface area contributed by atoms with Gasteiger partial charge in [-0.15, -0.1) is 0 Å². The van der Waals surface area contributed by atoms with Crippen LogP contribution in [0.2, 0.25) is 0 Å². The molecule has 0 saturated carbocycles. The van der Waals surface area contributed by atoms with Gasteiger partial charge in [-0.3, -0.25) is 9.80 Å². The molecule has 67 heavy (non-hydrogen) atoms. The molecule has 25 heteroatoms. The third kappa shape index (κ3) is 17.7. The van der Waals surface area contributed by atoms with Crippen LogP contribution in [0.1, 0.15) is 34.3 Å². The van der Waals surface area contributed by atoms with Gasteiger partial charge in [-0.1, -0.05) is 112 Å². The summed E-state index contributed by atoms with van der Waals surface area (Å²) in [5.41, 5.74) is 2.43. The van der Waals surface area contributed by atoms with E-state index in [2.05, 4.69) is 144 Å². The van der Waals surface area contributed by atoms with Crippen LogP contribution in [0.3, 0.4) is 0 Å². The largest absolute Gasteiger partial charge is 0.434 e. The van der Waals surface area contributed by atoms with Gasteiger partial charge in [-0.05, 0) is 70.8 Å². The standard InChI is InChI=1S/C21H18Br2F6N2O2.C17H18Br2N2.C4HClF6O2/c22-15-5-1-13(2-6-15)17(14-3-7-16(23)8-4-14)30-9-11-31(12-10-30)19(32)33-18(20(24,25)26)21(27,28)29;18-15-5-1-13(2-6-15)17(21-11-9-20-10-12-21)14-3-7-16(19)8-4-14;5-2(12)13-1(3(6,7)8)4(9,10)11/h1-8,17-18H,9-12H2;1-8,17,20H,9-12H2;1H. The molecule has 1 N–H and O–H groups in total. The zero-order valence-corrected chi connectivity index (χ0v) is 41.2. The Balaban J connectivity index is 0.000000245. The molecule has 1 amide bonds. The van der Waals surface area contributed by atoms with Gasteiger partial charge in [0.1, 0.15) is 0 Å². The Morgan fingerprint density at radius 3 is 0.985 bits per heavy atom. The third-order valence-corrected chi connectivity index (χ3v) is 12.0. The molecule has 4 aromatic rings. The first kappa shape index (κ1) is 56.5. The normalized spacial score (nSPS) is 15.5. The topological polar surface area (TPSA) is 74.3 Å². The summed E-state index contributed by atoms with van der Waals surface area (Å²) in [6.07, 6.45) is -32.9. The zero-order chi connectivity index (χ0) is 49.9. The number of alkyl halides is 12. The Morgan fingerprint density at radius 1 is 0.463 bits per heavy atom. The lowest BCUT2D eigenvalue weighted by atomic mass is 9.96. The van der Waals surface area contributed by atoms with Gasteiger partial charge in [0.25, 0.3) is 12.2 Å². The molecule has 0 bridgehead atoms. The number of rotatable bonds is 8. The van der Waals surface area contributed by atoms with Gasteiger partial charge in [0.2, 0.25) is 0 Å². The first-order chi connectivity index (χ1) is 31.1. The number of amides is 1. The molecule has 2 heterocycles. The molecule has 2 saturated heterocycles. The average Bonchev–Trinajstić information content (AvgIpc) is 3.24. The van der Waals surface area contributed by atoms with Crippen LogP contribution in [0.25, 0.3) is 0 Å². The number of hydrogen-bond acceptors (Lipinski definition) is 7. The summed E-state index contributed by atoms with van der Waals surface area (Å²) in [4.78, 5) is 27.2. The van der Waals surface area contributed by atoms with Crippen LogP contribution < -0.4 is 5.32 Å². The van der Waals surface area contributed by atoms with E-state index in [1.807, 2.05) is 53.4 Å². The quantitative estimate of drug-likeness (QED) is 0.139. The molecular weight excluding hydrogens is 1210 g/mol. The number of piperazine rings is 2. The number of carbonyl (C=O) groups is 2. The van der Waals surface area contributed by atoms with Crippen LogP contribution in [0.15, 0.2) is 115 Å². The van der Waals surface area contributed by atoms with E-state index in [9.17, 15) is 62.3 Å². The molecule has 368 valence electrons. The minimum Gasteiger partial charge on any atom is -0.431 e. The molecule has 6 rings (SSSR count). The van der Waals surface area contributed by atoms with E-state index >= 15 is 0 Å². The van der Waals surface area contributed by atoms with Crippen molar-refractivity contribution < 1.29 is 71.7 Å². The highest BCUT2D eigenvalue weighted by Gasteiger charge is 2.61. The second-order valence-corrected chi connectivity index (χ2v) is 18.5. The highest BCUT2D eigenvalue weighted by molar-refractivity contribution is 9.11. The molecular formula is C42H37Br4ClF12N4O4. The van der Waals surface area contributed by atoms with Crippen LogP contribution in [-0.4, -0.2) is 115 Å². The number of hydrogen-bond donors (Lipinski definition) is 1. The summed E-state index contributed by atoms with van der Waals surface area (Å²) < 4.78 is 156. The van der Waals surface area contributed by atoms with Crippen molar-refractivity contribution in [2.75, 3.05) is 52.4 Å². The zero-order valence-electron chi connectivity index (χ0n) is 34.1. The van der Waals surface area contributed by atoms with Crippen molar-refractivity contribution in [3.05, 3.63) is 137 Å². The second-order valence-electron chi connectivity index (χ2n) is 14.5. The monoisotopic (exact) mass is 1240 g/mol. The fourth-order valence-corrected chi connectivity index (χ4v) is 7.96. The minimum absolute atomic E-state index is 0.0785. The highest BCUT2D eigenvalue weighted by Crippen LogP contribution is 2.38. The Kier molecular flexibility index (Phi) is 20.7. The molecule has 2 fully saturated rings. The molecule has 0 unspecified atom stereocenters. The van der Waals surface area contributed by atoms with E-state index in [1.165, 1.54) is 11.1 Å². The molecule has 0 atom stereocenters. The third-order valence-electron chi connectivity index (χ3n) is 9.82. The molecule has 2 aliphatic rings. The van der Waals surface area contributed by atoms with Gasteiger partial charge in [0, 0.05) is 81.8 Å². The predicted octanol–water partition coefficient (Wildman–Crippen LogP) is 13.6. The summed E-state index contributed by atoms with van der Waals surface area (Å²) >= 11 is 18.1. The summed E-state index contributed by atoms with van der Waals surface area (Å²) in [5, 5.41) is 3.43. The number of carbonyl (C=O) groups excluding carboxylic acids is 2. The van der Waals surface area contributed by atoms with Crippen molar-refractivity contribution in [1.82, 2.24) is 20.0 Å². The predicted molar refractivity (Wildman–Crippen MR) is 238 cm³/mol. The number of nitrogens with one attached hydrogen (secondary N) is 1. The first-order valence-electron chi connectivity index (χ1n) is 19.4. The van der Waals surface area contributed by atoms with E-state index in [0.29, 0.717) is 6.04 Å². The summed E-state index contributed by atoms with van der Waals surface area (Å²) in [6.45, 7) is 4.58. The maximum Gasteiger partial charge on any atom is 0.434 e. The lowest BCUT2D eigenvalue weighted by Gasteiger charge is -2.39. The van der Waals surface area contributed by atoms with E-state index in [4.69, 9.17) is 0 Å².